The molecule has 0 aromatic rings. The summed E-state index contributed by atoms with van der Waals surface area (Å²) in [6, 6.07) is -2.15. The number of carbonyl (C=O) groups is 8. The Kier molecular flexibility index (Phi) is 16.5. The SMILES string of the molecule is C[C@@](CSSC[C@](C)(NC(=O)CC[C@H]([NH3+])C(=O)O)C(=O)NCC(=O)O)(NC(=O)CC[C@H]([NH3+])C(=O)O)C(=O)NCC(=O)O. The highest BCUT2D eigenvalue weighted by Crippen LogP contribution is 2.30. The second-order valence-corrected chi connectivity index (χ2v) is 12.0. The quantitative estimate of drug-likeness (QED) is 0.0417. The average Bonchev–Trinajstić information content (AvgIpc) is 2.89. The van der Waals surface area contributed by atoms with Gasteiger partial charge in [-0.05, 0) is 13.8 Å². The van der Waals surface area contributed by atoms with Crippen LogP contribution in [0.1, 0.15) is 39.5 Å². The van der Waals surface area contributed by atoms with Crippen molar-refractivity contribution in [1.82, 2.24) is 21.3 Å². The summed E-state index contributed by atoms with van der Waals surface area (Å²) in [5.41, 5.74) is 3.44. The number of nitrogens with one attached hydrogen (secondary N) is 4. The van der Waals surface area contributed by atoms with E-state index < -0.39 is 83.8 Å². The fourth-order valence-electron chi connectivity index (χ4n) is 2.94. The van der Waals surface area contributed by atoms with Gasteiger partial charge in [-0.15, -0.1) is 0 Å². The smallest absolute Gasteiger partial charge is 0.362 e. The van der Waals surface area contributed by atoms with Crippen molar-refractivity contribution in [3.8, 4) is 0 Å². The van der Waals surface area contributed by atoms with Crippen molar-refractivity contribution < 1.29 is 70.2 Å². The van der Waals surface area contributed by atoms with Crippen LogP contribution in [0.5, 0.6) is 0 Å². The third-order valence-electron chi connectivity index (χ3n) is 5.55. The molecule has 0 spiro atoms. The van der Waals surface area contributed by atoms with Crippen LogP contribution in [0, 0.1) is 0 Å². The van der Waals surface area contributed by atoms with Crippen molar-refractivity contribution in [2.75, 3.05) is 24.6 Å². The summed E-state index contributed by atoms with van der Waals surface area (Å²) in [6.07, 6.45) is -0.824. The van der Waals surface area contributed by atoms with E-state index in [2.05, 4.69) is 32.7 Å². The van der Waals surface area contributed by atoms with Crippen molar-refractivity contribution in [3.05, 3.63) is 0 Å². The molecular formula is C22H38N6O12S2+2. The standard InChI is InChI=1S/C22H36N6O12S2/c1-21(19(39)25-7-15(31)32,27-13(29)5-3-11(23)17(35)36)9-41-42-10-22(2,20(40)26-8-16(33)34)28-14(30)6-4-12(24)18(37)38/h11-12H,3-10,23-24H2,1-2H3,(H,25,39)(H,26,40)(H,27,29)(H,28,30)(H,31,32)(H,33,34)(H,35,36)(H,37,38)/p+2/t11-,12-,21-,22-/m0/s1. The molecule has 20 heteroatoms. The fourth-order valence-corrected chi connectivity index (χ4v) is 5.89. The van der Waals surface area contributed by atoms with E-state index in [0.29, 0.717) is 0 Å². The van der Waals surface area contributed by atoms with E-state index in [1.165, 1.54) is 13.8 Å². The Hall–Kier alpha value is -3.62. The highest BCUT2D eigenvalue weighted by atomic mass is 33.1. The first kappa shape index (κ1) is 38.4. The number of carbonyl (C=O) groups excluding carboxylic acids is 4. The number of rotatable bonds is 21. The first-order chi connectivity index (χ1) is 19.3. The van der Waals surface area contributed by atoms with Crippen LogP contribution in [0.15, 0.2) is 0 Å². The minimum absolute atomic E-state index is 0.124. The maximum atomic E-state index is 12.8. The van der Waals surface area contributed by atoms with Crippen molar-refractivity contribution >= 4 is 69.1 Å². The molecule has 0 aromatic heterocycles. The molecule has 0 aliphatic heterocycles. The molecule has 0 heterocycles. The van der Waals surface area contributed by atoms with Gasteiger partial charge in [0.05, 0.1) is 0 Å². The average molecular weight is 643 g/mol. The lowest BCUT2D eigenvalue weighted by Crippen LogP contribution is -2.65. The van der Waals surface area contributed by atoms with Crippen LogP contribution in [-0.4, -0.2) is 116 Å². The molecule has 42 heavy (non-hydrogen) atoms. The number of carboxylic acids is 4. The molecule has 0 fully saturated rings. The first-order valence-corrected chi connectivity index (χ1v) is 14.8. The third kappa shape index (κ3) is 14.8. The van der Waals surface area contributed by atoms with Crippen molar-refractivity contribution in [2.45, 2.75) is 62.7 Å². The lowest BCUT2D eigenvalue weighted by atomic mass is 10.0. The summed E-state index contributed by atoms with van der Waals surface area (Å²) in [7, 11) is 1.93. The van der Waals surface area contributed by atoms with Gasteiger partial charge in [-0.2, -0.15) is 0 Å². The Bertz CT molecular complexity index is 967. The second-order valence-electron chi connectivity index (χ2n) is 9.59. The van der Waals surface area contributed by atoms with Crippen LogP contribution in [-0.2, 0) is 38.4 Å². The molecule has 14 N–H and O–H groups in total. The van der Waals surface area contributed by atoms with Crippen LogP contribution in [0.25, 0.3) is 0 Å². The highest BCUT2D eigenvalue weighted by molar-refractivity contribution is 8.76. The first-order valence-electron chi connectivity index (χ1n) is 12.3. The summed E-state index contributed by atoms with van der Waals surface area (Å²) >= 11 is 0. The molecule has 238 valence electrons. The van der Waals surface area contributed by atoms with Crippen LogP contribution < -0.4 is 32.7 Å². The number of amides is 4. The van der Waals surface area contributed by atoms with Crippen molar-refractivity contribution in [1.29, 1.82) is 0 Å². The summed E-state index contributed by atoms with van der Waals surface area (Å²) in [5.74, 6) is -8.56. The Balaban J connectivity index is 5.56. The van der Waals surface area contributed by atoms with Crippen LogP contribution in [0.3, 0.4) is 0 Å². The van der Waals surface area contributed by atoms with Gasteiger partial charge in [0.15, 0.2) is 12.1 Å². The van der Waals surface area contributed by atoms with E-state index in [4.69, 9.17) is 20.4 Å². The van der Waals surface area contributed by atoms with Gasteiger partial charge in [0.2, 0.25) is 23.6 Å². The van der Waals surface area contributed by atoms with Crippen molar-refractivity contribution in [3.63, 3.8) is 0 Å². The molecule has 18 nitrogen and oxygen atoms in total. The predicted molar refractivity (Wildman–Crippen MR) is 146 cm³/mol. The van der Waals surface area contributed by atoms with Gasteiger partial charge in [-0.25, -0.2) is 9.59 Å². The molecule has 0 saturated heterocycles. The lowest BCUT2D eigenvalue weighted by molar-refractivity contribution is -0.408. The maximum absolute atomic E-state index is 12.8. The van der Waals surface area contributed by atoms with Gasteiger partial charge in [0.1, 0.15) is 24.2 Å². The van der Waals surface area contributed by atoms with E-state index >= 15 is 0 Å². The molecule has 0 saturated carbocycles. The molecule has 0 rings (SSSR count). The third-order valence-corrected chi connectivity index (χ3v) is 8.31. The molecule has 4 amide bonds. The van der Waals surface area contributed by atoms with Crippen molar-refractivity contribution in [2.24, 2.45) is 0 Å². The Labute approximate surface area is 247 Å². The van der Waals surface area contributed by atoms with Gasteiger partial charge in [0, 0.05) is 37.2 Å². The number of quaternary nitrogens is 2. The second kappa shape index (κ2) is 18.0. The Morgan fingerprint density at radius 3 is 1.21 bits per heavy atom. The summed E-state index contributed by atoms with van der Waals surface area (Å²) in [4.78, 5) is 94.3. The Morgan fingerprint density at radius 1 is 0.643 bits per heavy atom. The van der Waals surface area contributed by atoms with Crippen LogP contribution in [0.2, 0.25) is 0 Å². The summed E-state index contributed by atoms with van der Waals surface area (Å²) < 4.78 is 0. The zero-order valence-corrected chi connectivity index (χ0v) is 24.7. The molecule has 0 aliphatic carbocycles. The van der Waals surface area contributed by atoms with Gasteiger partial charge >= 0.3 is 23.9 Å². The zero-order chi connectivity index (χ0) is 32.7. The number of hydrogen-bond acceptors (Lipinski definition) is 10. The van der Waals surface area contributed by atoms with Gasteiger partial charge in [0.25, 0.3) is 0 Å². The topological polar surface area (TPSA) is 321 Å². The number of aliphatic carboxylic acids is 4. The van der Waals surface area contributed by atoms with E-state index in [1.807, 2.05) is 0 Å². The van der Waals surface area contributed by atoms with Gasteiger partial charge in [-0.1, -0.05) is 21.6 Å². The predicted octanol–water partition coefficient (Wildman–Crippen LogP) is -4.53. The molecular weight excluding hydrogens is 604 g/mol. The zero-order valence-electron chi connectivity index (χ0n) is 23.1. The summed E-state index contributed by atoms with van der Waals surface area (Å²) in [5, 5.41) is 44.9. The lowest BCUT2D eigenvalue weighted by Gasteiger charge is -2.31. The van der Waals surface area contributed by atoms with Crippen LogP contribution in [0.4, 0.5) is 0 Å². The van der Waals surface area contributed by atoms with E-state index in [1.54, 1.807) is 0 Å². The fraction of sp³-hybridized carbons (Fsp3) is 0.636. The minimum Gasteiger partial charge on any atom is -0.480 e. The maximum Gasteiger partial charge on any atom is 0.362 e. The van der Waals surface area contributed by atoms with E-state index in [0.717, 1.165) is 21.6 Å². The van der Waals surface area contributed by atoms with Gasteiger partial charge < -0.3 is 53.2 Å². The molecule has 0 radical (unpaired) electrons. The minimum atomic E-state index is -1.69. The normalized spacial score (nSPS) is 15.0. The monoisotopic (exact) mass is 642 g/mol. The molecule has 0 bridgehead atoms. The van der Waals surface area contributed by atoms with E-state index in [-0.39, 0.29) is 37.2 Å². The summed E-state index contributed by atoms with van der Waals surface area (Å²) in [6.45, 7) is 1.14. The molecule has 4 atom stereocenters. The van der Waals surface area contributed by atoms with Crippen LogP contribution >= 0.6 is 21.6 Å². The highest BCUT2D eigenvalue weighted by Gasteiger charge is 2.38. The molecule has 0 unspecified atom stereocenters. The molecule has 0 aliphatic rings. The number of carboxylic acid groups (broad SMARTS) is 4. The Morgan fingerprint density at radius 2 is 0.952 bits per heavy atom. The van der Waals surface area contributed by atoms with Gasteiger partial charge in [-0.3, -0.25) is 28.8 Å². The number of hydrogen-bond donors (Lipinski definition) is 10. The van der Waals surface area contributed by atoms with E-state index in [9.17, 15) is 38.4 Å². The molecule has 0 aromatic carbocycles. The largest absolute Gasteiger partial charge is 0.480 e.